The second kappa shape index (κ2) is 8.16. The van der Waals surface area contributed by atoms with Gasteiger partial charge in [0.1, 0.15) is 12.6 Å². The van der Waals surface area contributed by atoms with E-state index in [4.69, 9.17) is 5.11 Å². The van der Waals surface area contributed by atoms with Crippen LogP contribution in [0.1, 0.15) is 43.1 Å². The van der Waals surface area contributed by atoms with Gasteiger partial charge in [0.15, 0.2) is 0 Å². The fourth-order valence-corrected chi connectivity index (χ4v) is 2.39. The summed E-state index contributed by atoms with van der Waals surface area (Å²) >= 11 is 0. The van der Waals surface area contributed by atoms with Crippen molar-refractivity contribution < 1.29 is 27.9 Å². The Morgan fingerprint density at radius 3 is 2.46 bits per heavy atom. The number of alkyl halides is 3. The number of carboxylic acid groups (broad SMARTS) is 1. The largest absolute Gasteiger partial charge is 0.480 e. The van der Waals surface area contributed by atoms with Crippen LogP contribution >= 0.6 is 0 Å². The molecule has 1 aromatic rings. The summed E-state index contributed by atoms with van der Waals surface area (Å²) in [5.41, 5.74) is 0.962. The zero-order valence-corrected chi connectivity index (χ0v) is 13.9. The van der Waals surface area contributed by atoms with Crippen LogP contribution in [0.4, 0.5) is 13.2 Å². The van der Waals surface area contributed by atoms with Gasteiger partial charge >= 0.3 is 12.1 Å². The highest BCUT2D eigenvalue weighted by Gasteiger charge is 2.30. The zero-order chi connectivity index (χ0) is 18.5. The van der Waals surface area contributed by atoms with E-state index in [-0.39, 0.29) is 12.1 Å². The second-order valence-electron chi connectivity index (χ2n) is 5.70. The van der Waals surface area contributed by atoms with Crippen molar-refractivity contribution in [1.29, 1.82) is 0 Å². The summed E-state index contributed by atoms with van der Waals surface area (Å²) in [4.78, 5) is 23.2. The highest BCUT2D eigenvalue weighted by atomic mass is 19.4. The lowest BCUT2D eigenvalue weighted by molar-refractivity contribution is -0.143. The zero-order valence-electron chi connectivity index (χ0n) is 13.9. The van der Waals surface area contributed by atoms with E-state index < -0.39 is 30.6 Å². The molecule has 136 valence electrons. The van der Waals surface area contributed by atoms with Gasteiger partial charge in [-0.25, -0.2) is 4.79 Å². The molecule has 1 amide bonds. The molecule has 1 atom stereocenters. The van der Waals surface area contributed by atoms with E-state index in [0.29, 0.717) is 24.1 Å². The Morgan fingerprint density at radius 1 is 1.33 bits per heavy atom. The number of hydrogen-bond donors (Lipinski definition) is 2. The second-order valence-corrected chi connectivity index (χ2v) is 5.70. The van der Waals surface area contributed by atoms with Gasteiger partial charge in [0.2, 0.25) is 5.91 Å². The van der Waals surface area contributed by atoms with Crippen molar-refractivity contribution >= 4 is 11.9 Å². The van der Waals surface area contributed by atoms with Crippen molar-refractivity contribution in [3.63, 3.8) is 0 Å². The number of aromatic nitrogens is 2. The lowest BCUT2D eigenvalue weighted by Gasteiger charge is -2.14. The van der Waals surface area contributed by atoms with Crippen molar-refractivity contribution in [3.05, 3.63) is 17.0 Å². The molecule has 0 aliphatic rings. The van der Waals surface area contributed by atoms with Crippen LogP contribution in [0.2, 0.25) is 0 Å². The monoisotopic (exact) mass is 349 g/mol. The van der Waals surface area contributed by atoms with Crippen molar-refractivity contribution in [2.24, 2.45) is 0 Å². The first kappa shape index (κ1) is 20.0. The molecule has 0 fully saturated rings. The number of aryl methyl sites for hydroxylation is 1. The summed E-state index contributed by atoms with van der Waals surface area (Å²) in [7, 11) is 0. The Bertz CT molecular complexity index is 597. The summed E-state index contributed by atoms with van der Waals surface area (Å²) < 4.78 is 38.3. The summed E-state index contributed by atoms with van der Waals surface area (Å²) in [5.74, 6) is -1.67. The molecule has 0 saturated heterocycles. The van der Waals surface area contributed by atoms with Crippen molar-refractivity contribution in [1.82, 2.24) is 15.1 Å². The van der Waals surface area contributed by atoms with Gasteiger partial charge in [-0.15, -0.1) is 0 Å². The summed E-state index contributed by atoms with van der Waals surface area (Å²) in [6.45, 7) is 3.66. The number of rotatable bonds is 8. The van der Waals surface area contributed by atoms with Crippen LogP contribution in [0, 0.1) is 13.8 Å². The number of nitrogens with one attached hydrogen (secondary N) is 1. The van der Waals surface area contributed by atoms with Crippen LogP contribution in [-0.4, -0.2) is 39.0 Å². The van der Waals surface area contributed by atoms with Crippen LogP contribution in [0.5, 0.6) is 0 Å². The lowest BCUT2D eigenvalue weighted by Crippen LogP contribution is -2.41. The topological polar surface area (TPSA) is 84.2 Å². The third-order valence-electron chi connectivity index (χ3n) is 3.68. The van der Waals surface area contributed by atoms with Crippen molar-refractivity contribution in [2.75, 3.05) is 0 Å². The number of nitrogens with zero attached hydrogens (tertiary/aromatic N) is 2. The molecular formula is C15H22F3N3O3. The average Bonchev–Trinajstić information content (AvgIpc) is 2.68. The van der Waals surface area contributed by atoms with E-state index in [0.717, 1.165) is 11.1 Å². The minimum Gasteiger partial charge on any atom is -0.480 e. The van der Waals surface area contributed by atoms with E-state index in [1.54, 1.807) is 0 Å². The smallest absolute Gasteiger partial charge is 0.408 e. The molecule has 0 aliphatic heterocycles. The molecule has 6 nitrogen and oxygen atoms in total. The highest BCUT2D eigenvalue weighted by Crippen LogP contribution is 2.21. The Labute approximate surface area is 138 Å². The van der Waals surface area contributed by atoms with Gasteiger partial charge in [-0.1, -0.05) is 19.8 Å². The quantitative estimate of drug-likeness (QED) is 0.755. The van der Waals surface area contributed by atoms with E-state index in [9.17, 15) is 22.8 Å². The number of carboxylic acids is 1. The van der Waals surface area contributed by atoms with Gasteiger partial charge in [-0.3, -0.25) is 9.48 Å². The van der Waals surface area contributed by atoms with Gasteiger partial charge in [0.25, 0.3) is 0 Å². The fraction of sp³-hybridized carbons (Fsp3) is 0.667. The van der Waals surface area contributed by atoms with E-state index in [2.05, 4.69) is 10.4 Å². The van der Waals surface area contributed by atoms with Crippen LogP contribution in [0.25, 0.3) is 0 Å². The maximum absolute atomic E-state index is 12.5. The van der Waals surface area contributed by atoms with Crippen molar-refractivity contribution in [2.45, 2.75) is 65.2 Å². The minimum absolute atomic E-state index is 0.203. The van der Waals surface area contributed by atoms with E-state index in [1.807, 2.05) is 6.92 Å². The Morgan fingerprint density at radius 2 is 1.96 bits per heavy atom. The van der Waals surface area contributed by atoms with Crippen LogP contribution in [0.3, 0.4) is 0 Å². The van der Waals surface area contributed by atoms with Gasteiger partial charge in [-0.05, 0) is 20.3 Å². The number of carbonyl (C=O) groups is 2. The number of amides is 1. The first-order valence-electron chi connectivity index (χ1n) is 7.67. The maximum atomic E-state index is 12.5. The number of hydrogen-bond acceptors (Lipinski definition) is 3. The SMILES string of the molecule is CCCCC(NC(=O)Cc1c(C)nn(CC(F)(F)F)c1C)C(=O)O. The number of carbonyl (C=O) groups excluding carboxylic acids is 1. The lowest BCUT2D eigenvalue weighted by atomic mass is 10.1. The number of aliphatic carboxylic acids is 1. The molecule has 0 spiro atoms. The molecule has 1 unspecified atom stereocenters. The maximum Gasteiger partial charge on any atom is 0.408 e. The molecule has 0 aromatic carbocycles. The third-order valence-corrected chi connectivity index (χ3v) is 3.68. The minimum atomic E-state index is -4.41. The standard InChI is InChI=1S/C15H22F3N3O3/c1-4-5-6-12(14(23)24)19-13(22)7-11-9(2)20-21(10(11)3)8-15(16,17)18/h12H,4-8H2,1-3H3,(H,19,22)(H,23,24). The average molecular weight is 349 g/mol. The fourth-order valence-electron chi connectivity index (χ4n) is 2.39. The van der Waals surface area contributed by atoms with Crippen LogP contribution < -0.4 is 5.32 Å². The van der Waals surface area contributed by atoms with Gasteiger partial charge in [0.05, 0.1) is 12.1 Å². The van der Waals surface area contributed by atoms with E-state index >= 15 is 0 Å². The van der Waals surface area contributed by atoms with Crippen molar-refractivity contribution in [3.8, 4) is 0 Å². The van der Waals surface area contributed by atoms with Crippen LogP contribution in [0.15, 0.2) is 0 Å². The molecule has 2 N–H and O–H groups in total. The molecule has 24 heavy (non-hydrogen) atoms. The number of unbranched alkanes of at least 4 members (excludes halogenated alkanes) is 1. The number of halogens is 3. The van der Waals surface area contributed by atoms with Gasteiger partial charge < -0.3 is 10.4 Å². The summed E-state index contributed by atoms with van der Waals surface area (Å²) in [6.07, 6.45) is -2.85. The third kappa shape index (κ3) is 5.86. The van der Waals surface area contributed by atoms with Gasteiger partial charge in [-0.2, -0.15) is 18.3 Å². The molecule has 0 bridgehead atoms. The van der Waals surface area contributed by atoms with Gasteiger partial charge in [0, 0.05) is 11.3 Å². The molecule has 1 aromatic heterocycles. The molecule has 1 heterocycles. The molecule has 0 saturated carbocycles. The predicted octanol–water partition coefficient (Wildman–Crippen LogP) is 2.36. The summed E-state index contributed by atoms with van der Waals surface area (Å²) in [6, 6.07) is -0.997. The predicted molar refractivity (Wildman–Crippen MR) is 80.6 cm³/mol. The molecular weight excluding hydrogens is 327 g/mol. The first-order chi connectivity index (χ1) is 11.0. The Hall–Kier alpha value is -2.06. The molecule has 9 heteroatoms. The Balaban J connectivity index is 2.81. The molecule has 0 aliphatic carbocycles. The normalized spacial score (nSPS) is 12.9. The molecule has 1 rings (SSSR count). The van der Waals surface area contributed by atoms with E-state index in [1.165, 1.54) is 13.8 Å². The van der Waals surface area contributed by atoms with Crippen LogP contribution in [-0.2, 0) is 22.6 Å². The Kier molecular flexibility index (Phi) is 6.80. The summed E-state index contributed by atoms with van der Waals surface area (Å²) in [5, 5.41) is 15.3. The highest BCUT2D eigenvalue weighted by molar-refractivity contribution is 5.85. The molecule has 0 radical (unpaired) electrons. The first-order valence-corrected chi connectivity index (χ1v) is 7.67.